The number of amides is 2. The fourth-order valence-corrected chi connectivity index (χ4v) is 4.94. The minimum atomic E-state index is -0.540. The maximum atomic E-state index is 13.0. The molecule has 1 fully saturated rings. The quantitative estimate of drug-likeness (QED) is 0.618. The maximum Gasteiger partial charge on any atom is 0.242 e. The lowest BCUT2D eigenvalue weighted by atomic mass is 9.97. The first kappa shape index (κ1) is 23.5. The van der Waals surface area contributed by atoms with Crippen molar-refractivity contribution in [3.8, 4) is 0 Å². The van der Waals surface area contributed by atoms with Gasteiger partial charge < -0.3 is 10.6 Å². The number of likely N-dealkylation sites (tertiary alicyclic amines) is 1. The molecule has 0 spiro atoms. The highest BCUT2D eigenvalue weighted by atomic mass is 32.1. The molecule has 5 nitrogen and oxygen atoms in total. The molecule has 168 valence electrons. The highest BCUT2D eigenvalue weighted by molar-refractivity contribution is 7.10. The van der Waals surface area contributed by atoms with Gasteiger partial charge in [0.15, 0.2) is 0 Å². The molecule has 2 amide bonds. The van der Waals surface area contributed by atoms with Crippen molar-refractivity contribution < 1.29 is 9.59 Å². The molecule has 2 heterocycles. The molecule has 0 radical (unpaired) electrons. The van der Waals surface area contributed by atoms with E-state index < -0.39 is 6.04 Å². The van der Waals surface area contributed by atoms with Gasteiger partial charge in [-0.3, -0.25) is 14.5 Å². The molecule has 0 unspecified atom stereocenters. The molecule has 0 bridgehead atoms. The van der Waals surface area contributed by atoms with Gasteiger partial charge in [0.25, 0.3) is 0 Å². The third-order valence-electron chi connectivity index (χ3n) is 6.07. The highest BCUT2D eigenvalue weighted by Gasteiger charge is 2.28. The summed E-state index contributed by atoms with van der Waals surface area (Å²) in [5, 5.41) is 8.18. The van der Waals surface area contributed by atoms with Crippen molar-refractivity contribution in [2.45, 2.75) is 52.1 Å². The molecule has 2 aromatic rings. The van der Waals surface area contributed by atoms with E-state index in [0.29, 0.717) is 6.54 Å². The van der Waals surface area contributed by atoms with Crippen LogP contribution in [0.4, 0.5) is 0 Å². The van der Waals surface area contributed by atoms with Crippen LogP contribution < -0.4 is 10.6 Å². The molecular formula is C25H35N3O2S. The predicted octanol–water partition coefficient (Wildman–Crippen LogP) is 4.02. The van der Waals surface area contributed by atoms with Crippen LogP contribution in [0.15, 0.2) is 47.8 Å². The first-order chi connectivity index (χ1) is 14.9. The van der Waals surface area contributed by atoms with Crippen LogP contribution in [0, 0.1) is 11.8 Å². The maximum absolute atomic E-state index is 13.0. The van der Waals surface area contributed by atoms with Crippen LogP contribution in [-0.2, 0) is 16.0 Å². The van der Waals surface area contributed by atoms with Crippen LogP contribution in [0.2, 0.25) is 0 Å². The third kappa shape index (κ3) is 6.91. The average Bonchev–Trinajstić information content (AvgIpc) is 3.28. The van der Waals surface area contributed by atoms with Crippen molar-refractivity contribution in [1.29, 1.82) is 0 Å². The number of benzene rings is 1. The van der Waals surface area contributed by atoms with Crippen LogP contribution in [-0.4, -0.2) is 42.4 Å². The predicted molar refractivity (Wildman–Crippen MR) is 127 cm³/mol. The van der Waals surface area contributed by atoms with Crippen LogP contribution in [0.5, 0.6) is 0 Å². The first-order valence-corrected chi connectivity index (χ1v) is 12.2. The number of piperidine rings is 1. The van der Waals surface area contributed by atoms with Gasteiger partial charge in [0.05, 0.1) is 12.5 Å². The second-order valence-electron chi connectivity index (χ2n) is 8.95. The Balaban J connectivity index is 1.60. The molecule has 3 rings (SSSR count). The fraction of sp³-hybridized carbons (Fsp3) is 0.520. The minimum Gasteiger partial charge on any atom is -0.352 e. The van der Waals surface area contributed by atoms with Crippen molar-refractivity contribution in [1.82, 2.24) is 15.5 Å². The normalized spacial score (nSPS) is 17.3. The molecular weight excluding hydrogens is 406 g/mol. The SMILES string of the molecule is CC1CCN([C@H](CNC(=O)[C@H](NC(=O)Cc2ccccc2)C(C)C)c2cccs2)CC1. The van der Waals surface area contributed by atoms with E-state index in [1.54, 1.807) is 11.3 Å². The monoisotopic (exact) mass is 441 g/mol. The number of hydrogen-bond donors (Lipinski definition) is 2. The van der Waals surface area contributed by atoms with Crippen molar-refractivity contribution in [3.63, 3.8) is 0 Å². The summed E-state index contributed by atoms with van der Waals surface area (Å²) in [6.07, 6.45) is 2.67. The second-order valence-corrected chi connectivity index (χ2v) is 9.93. The molecule has 2 N–H and O–H groups in total. The smallest absolute Gasteiger partial charge is 0.242 e. The summed E-state index contributed by atoms with van der Waals surface area (Å²) in [7, 11) is 0. The second kappa shape index (κ2) is 11.4. The van der Waals surface area contributed by atoms with Crippen molar-refractivity contribution in [2.75, 3.05) is 19.6 Å². The van der Waals surface area contributed by atoms with E-state index >= 15 is 0 Å². The Labute approximate surface area is 190 Å². The van der Waals surface area contributed by atoms with Crippen LogP contribution in [0.3, 0.4) is 0 Å². The van der Waals surface area contributed by atoms with Gasteiger partial charge in [-0.2, -0.15) is 0 Å². The summed E-state index contributed by atoms with van der Waals surface area (Å²) >= 11 is 1.74. The Bertz CT molecular complexity index is 815. The van der Waals surface area contributed by atoms with E-state index in [9.17, 15) is 9.59 Å². The van der Waals surface area contributed by atoms with Gasteiger partial charge in [-0.25, -0.2) is 0 Å². The molecule has 0 saturated carbocycles. The van der Waals surface area contributed by atoms with Gasteiger partial charge in [0.1, 0.15) is 6.04 Å². The van der Waals surface area contributed by atoms with Crippen molar-refractivity contribution in [3.05, 3.63) is 58.3 Å². The molecule has 1 aliphatic heterocycles. The van der Waals surface area contributed by atoms with Gasteiger partial charge in [-0.15, -0.1) is 11.3 Å². The highest BCUT2D eigenvalue weighted by Crippen LogP contribution is 2.29. The molecule has 2 atom stereocenters. The van der Waals surface area contributed by atoms with Crippen LogP contribution in [0.25, 0.3) is 0 Å². The first-order valence-electron chi connectivity index (χ1n) is 11.3. The third-order valence-corrected chi connectivity index (χ3v) is 7.05. The summed E-state index contributed by atoms with van der Waals surface area (Å²) in [6, 6.07) is 13.5. The number of nitrogens with zero attached hydrogens (tertiary/aromatic N) is 1. The van der Waals surface area contributed by atoms with E-state index in [2.05, 4.69) is 40.0 Å². The Morgan fingerprint density at radius 3 is 2.42 bits per heavy atom. The van der Waals surface area contributed by atoms with Gasteiger partial charge in [0, 0.05) is 11.4 Å². The molecule has 0 aliphatic carbocycles. The standard InChI is InChI=1S/C25H35N3O2S/c1-18(2)24(27-23(29)16-20-8-5-4-6-9-20)25(30)26-17-21(22-10-7-15-31-22)28-13-11-19(3)12-14-28/h4-10,15,18-19,21,24H,11-14,16-17H2,1-3H3,(H,26,30)(H,27,29)/t21-,24-/m1/s1. The molecule has 1 aromatic heterocycles. The summed E-state index contributed by atoms with van der Waals surface area (Å²) in [4.78, 5) is 29.3. The zero-order valence-corrected chi connectivity index (χ0v) is 19.7. The van der Waals surface area contributed by atoms with Crippen molar-refractivity contribution >= 4 is 23.2 Å². The van der Waals surface area contributed by atoms with E-state index in [4.69, 9.17) is 0 Å². The van der Waals surface area contributed by atoms with E-state index in [0.717, 1.165) is 24.6 Å². The Morgan fingerprint density at radius 1 is 1.10 bits per heavy atom. The Kier molecular flexibility index (Phi) is 8.67. The summed E-state index contributed by atoms with van der Waals surface area (Å²) in [5.41, 5.74) is 0.944. The largest absolute Gasteiger partial charge is 0.352 e. The molecule has 6 heteroatoms. The summed E-state index contributed by atoms with van der Waals surface area (Å²) in [5.74, 6) is 0.541. The number of hydrogen-bond acceptors (Lipinski definition) is 4. The lowest BCUT2D eigenvalue weighted by Gasteiger charge is -2.36. The number of nitrogens with one attached hydrogen (secondary N) is 2. The Morgan fingerprint density at radius 2 is 1.81 bits per heavy atom. The van der Waals surface area contributed by atoms with E-state index in [-0.39, 0.29) is 30.2 Å². The molecule has 1 aromatic carbocycles. The van der Waals surface area contributed by atoms with Gasteiger partial charge in [-0.1, -0.05) is 57.2 Å². The number of carbonyl (C=O) groups is 2. The Hall–Kier alpha value is -2.18. The van der Waals surface area contributed by atoms with Crippen LogP contribution in [0.1, 0.15) is 50.1 Å². The van der Waals surface area contributed by atoms with E-state index in [1.807, 2.05) is 44.2 Å². The zero-order valence-electron chi connectivity index (χ0n) is 18.8. The van der Waals surface area contributed by atoms with Gasteiger partial charge >= 0.3 is 0 Å². The van der Waals surface area contributed by atoms with Gasteiger partial charge in [-0.05, 0) is 54.8 Å². The topological polar surface area (TPSA) is 61.4 Å². The number of carbonyl (C=O) groups excluding carboxylic acids is 2. The lowest BCUT2D eigenvalue weighted by Crippen LogP contribution is -2.51. The fourth-order valence-electron chi connectivity index (χ4n) is 4.08. The zero-order chi connectivity index (χ0) is 22.2. The van der Waals surface area contributed by atoms with Crippen LogP contribution >= 0.6 is 11.3 Å². The molecule has 1 saturated heterocycles. The van der Waals surface area contributed by atoms with E-state index in [1.165, 1.54) is 17.7 Å². The summed E-state index contributed by atoms with van der Waals surface area (Å²) in [6.45, 7) is 8.92. The molecule has 1 aliphatic rings. The average molecular weight is 442 g/mol. The number of thiophene rings is 1. The minimum absolute atomic E-state index is 0.00995. The molecule has 31 heavy (non-hydrogen) atoms. The summed E-state index contributed by atoms with van der Waals surface area (Å²) < 4.78 is 0. The van der Waals surface area contributed by atoms with Gasteiger partial charge in [0.2, 0.25) is 11.8 Å². The number of rotatable bonds is 9. The van der Waals surface area contributed by atoms with Crippen molar-refractivity contribution in [2.24, 2.45) is 11.8 Å². The lowest BCUT2D eigenvalue weighted by molar-refractivity contribution is -0.130.